The van der Waals surface area contributed by atoms with E-state index in [1.807, 2.05) is 30.4 Å². The molecule has 2 amide bonds. The Hall–Kier alpha value is -3.29. The number of halogens is 1. The fraction of sp³-hybridized carbons (Fsp3) is 0.417. The van der Waals surface area contributed by atoms with Gasteiger partial charge in [-0.05, 0) is 63.4 Å². The summed E-state index contributed by atoms with van der Waals surface area (Å²) in [5.41, 5.74) is 10.3. The lowest BCUT2D eigenvalue weighted by atomic mass is 9.90. The van der Waals surface area contributed by atoms with Gasteiger partial charge in [-0.2, -0.15) is 5.10 Å². The number of hydrogen-bond acceptors (Lipinski definition) is 4. The molecule has 1 saturated heterocycles. The molecule has 0 spiro atoms. The summed E-state index contributed by atoms with van der Waals surface area (Å²) in [6.45, 7) is 7.71. The number of fused-ring (bicyclic) bond motifs is 1. The van der Waals surface area contributed by atoms with Crippen LogP contribution in [0.3, 0.4) is 0 Å². The maximum absolute atomic E-state index is 13.6. The monoisotopic (exact) mass is 437 g/mol. The van der Waals surface area contributed by atoms with Crippen LogP contribution in [-0.2, 0) is 11.3 Å². The number of amides is 2. The largest absolute Gasteiger partial charge is 0.366 e. The second kappa shape index (κ2) is 8.68. The summed E-state index contributed by atoms with van der Waals surface area (Å²) >= 11 is 0. The number of rotatable bonds is 5. The van der Waals surface area contributed by atoms with E-state index in [4.69, 9.17) is 5.73 Å². The van der Waals surface area contributed by atoms with Crippen LogP contribution in [-0.4, -0.2) is 44.6 Å². The van der Waals surface area contributed by atoms with E-state index < -0.39 is 11.7 Å². The molecule has 168 valence electrons. The van der Waals surface area contributed by atoms with Gasteiger partial charge in [-0.1, -0.05) is 0 Å². The lowest BCUT2D eigenvalue weighted by Gasteiger charge is -2.33. The zero-order valence-corrected chi connectivity index (χ0v) is 18.7. The van der Waals surface area contributed by atoms with Crippen LogP contribution in [0.15, 0.2) is 24.3 Å². The van der Waals surface area contributed by atoms with E-state index in [2.05, 4.69) is 10.1 Å². The van der Waals surface area contributed by atoms with E-state index in [9.17, 15) is 14.0 Å². The number of primary amides is 1. The lowest BCUT2D eigenvalue weighted by Crippen LogP contribution is -2.40. The molecule has 8 heteroatoms. The standard InChI is InChI=1S/C24H28FN5O2/c1-14-15(2)28-30(16(14)3)10-8-22(31)29-9-4-5-17(13-29)23-20(24(26)32)12-18-11-19(25)6-7-21(18)27-23/h6-7,11-12,17H,4-5,8-10,13H2,1-3H3,(H2,26,32)/t17-/m1/s1. The predicted molar refractivity (Wildman–Crippen MR) is 120 cm³/mol. The van der Waals surface area contributed by atoms with Gasteiger partial charge in [-0.15, -0.1) is 0 Å². The van der Waals surface area contributed by atoms with Crippen LogP contribution in [0.5, 0.6) is 0 Å². The van der Waals surface area contributed by atoms with Crippen LogP contribution in [0.1, 0.15) is 58.2 Å². The van der Waals surface area contributed by atoms with Crippen LogP contribution in [0.25, 0.3) is 10.9 Å². The first-order valence-corrected chi connectivity index (χ1v) is 10.9. The van der Waals surface area contributed by atoms with Crippen molar-refractivity contribution in [3.63, 3.8) is 0 Å². The van der Waals surface area contributed by atoms with Crippen molar-refractivity contribution >= 4 is 22.7 Å². The number of pyridine rings is 1. The molecule has 1 atom stereocenters. The zero-order valence-electron chi connectivity index (χ0n) is 18.7. The summed E-state index contributed by atoms with van der Waals surface area (Å²) in [6.07, 6.45) is 1.98. The van der Waals surface area contributed by atoms with Crippen LogP contribution in [0, 0.1) is 26.6 Å². The third-order valence-electron chi connectivity index (χ3n) is 6.51. The molecule has 0 unspecified atom stereocenters. The Labute approximate surface area is 186 Å². The van der Waals surface area contributed by atoms with E-state index in [0.29, 0.717) is 48.2 Å². The molecule has 3 heterocycles. The third kappa shape index (κ3) is 4.22. The molecule has 0 radical (unpaired) electrons. The molecule has 1 aromatic carbocycles. The quantitative estimate of drug-likeness (QED) is 0.662. The van der Waals surface area contributed by atoms with Gasteiger partial charge in [0.05, 0.1) is 22.5 Å². The first-order chi connectivity index (χ1) is 15.2. The number of piperidine rings is 1. The van der Waals surface area contributed by atoms with E-state index in [1.54, 1.807) is 12.1 Å². The molecule has 1 aliphatic rings. The van der Waals surface area contributed by atoms with Crippen LogP contribution in [0.4, 0.5) is 4.39 Å². The zero-order chi connectivity index (χ0) is 23.0. The maximum Gasteiger partial charge on any atom is 0.250 e. The van der Waals surface area contributed by atoms with E-state index >= 15 is 0 Å². The first-order valence-electron chi connectivity index (χ1n) is 10.9. The number of benzene rings is 1. The van der Waals surface area contributed by atoms with Crippen LogP contribution >= 0.6 is 0 Å². The molecule has 3 aromatic rings. The SMILES string of the molecule is Cc1nn(CCC(=O)N2CCC[C@@H](c3nc4ccc(F)cc4cc3C(N)=O)C2)c(C)c1C. The second-order valence-corrected chi connectivity index (χ2v) is 8.57. The van der Waals surface area contributed by atoms with Crippen molar-refractivity contribution in [1.82, 2.24) is 19.7 Å². The van der Waals surface area contributed by atoms with Gasteiger partial charge in [0.15, 0.2) is 0 Å². The molecule has 32 heavy (non-hydrogen) atoms. The Balaban J connectivity index is 1.53. The summed E-state index contributed by atoms with van der Waals surface area (Å²) in [6, 6.07) is 5.90. The number of nitrogens with two attached hydrogens (primary N) is 1. The number of nitrogens with zero attached hydrogens (tertiary/aromatic N) is 4. The number of carbonyl (C=O) groups is 2. The van der Waals surface area contributed by atoms with Crippen molar-refractivity contribution in [1.29, 1.82) is 0 Å². The average Bonchev–Trinajstić information content (AvgIpc) is 3.03. The summed E-state index contributed by atoms with van der Waals surface area (Å²) in [4.78, 5) is 31.6. The Morgan fingerprint density at radius 1 is 1.22 bits per heavy atom. The number of aromatic nitrogens is 3. The molecule has 4 rings (SSSR count). The highest BCUT2D eigenvalue weighted by Crippen LogP contribution is 2.30. The minimum absolute atomic E-state index is 0.0587. The smallest absolute Gasteiger partial charge is 0.250 e. The number of aryl methyl sites for hydroxylation is 2. The van der Waals surface area contributed by atoms with Gasteiger partial charge in [0.2, 0.25) is 5.91 Å². The summed E-state index contributed by atoms with van der Waals surface area (Å²) in [5, 5.41) is 5.05. The van der Waals surface area contributed by atoms with Crippen molar-refractivity contribution in [2.75, 3.05) is 13.1 Å². The maximum atomic E-state index is 13.6. The summed E-state index contributed by atoms with van der Waals surface area (Å²) < 4.78 is 15.5. The van der Waals surface area contributed by atoms with Crippen molar-refractivity contribution < 1.29 is 14.0 Å². The number of likely N-dealkylation sites (tertiary alicyclic amines) is 1. The number of hydrogen-bond donors (Lipinski definition) is 1. The van der Waals surface area contributed by atoms with Crippen molar-refractivity contribution in [2.45, 2.75) is 52.5 Å². The molecule has 0 saturated carbocycles. The molecule has 1 aliphatic heterocycles. The van der Waals surface area contributed by atoms with E-state index in [0.717, 1.165) is 29.8 Å². The highest BCUT2D eigenvalue weighted by atomic mass is 19.1. The van der Waals surface area contributed by atoms with Gasteiger partial charge in [-0.25, -0.2) is 4.39 Å². The van der Waals surface area contributed by atoms with Crippen LogP contribution < -0.4 is 5.73 Å². The van der Waals surface area contributed by atoms with Crippen molar-refractivity contribution in [3.8, 4) is 0 Å². The first kappa shape index (κ1) is 21.9. The Morgan fingerprint density at radius 3 is 2.69 bits per heavy atom. The second-order valence-electron chi connectivity index (χ2n) is 8.57. The van der Waals surface area contributed by atoms with Crippen molar-refractivity contribution in [2.24, 2.45) is 5.73 Å². The van der Waals surface area contributed by atoms with Gasteiger partial charge in [0.25, 0.3) is 5.91 Å². The number of carbonyl (C=O) groups excluding carboxylic acids is 2. The Morgan fingerprint density at radius 2 is 2.00 bits per heavy atom. The summed E-state index contributed by atoms with van der Waals surface area (Å²) in [5.74, 6) is -1.03. The summed E-state index contributed by atoms with van der Waals surface area (Å²) in [7, 11) is 0. The van der Waals surface area contributed by atoms with E-state index in [-0.39, 0.29) is 11.8 Å². The highest BCUT2D eigenvalue weighted by Gasteiger charge is 2.28. The fourth-order valence-electron chi connectivity index (χ4n) is 4.46. The minimum Gasteiger partial charge on any atom is -0.366 e. The predicted octanol–water partition coefficient (Wildman–Crippen LogP) is 3.39. The van der Waals surface area contributed by atoms with Crippen LogP contribution in [0.2, 0.25) is 0 Å². The topological polar surface area (TPSA) is 94.1 Å². The van der Waals surface area contributed by atoms with Gasteiger partial charge in [0, 0.05) is 43.1 Å². The van der Waals surface area contributed by atoms with Gasteiger partial charge in [-0.3, -0.25) is 19.3 Å². The molecular formula is C24H28FN5O2. The molecule has 2 N–H and O–H groups in total. The Bertz CT molecular complexity index is 1200. The third-order valence-corrected chi connectivity index (χ3v) is 6.51. The molecule has 2 aromatic heterocycles. The van der Waals surface area contributed by atoms with Gasteiger partial charge >= 0.3 is 0 Å². The average molecular weight is 438 g/mol. The lowest BCUT2D eigenvalue weighted by molar-refractivity contribution is -0.132. The normalized spacial score (nSPS) is 16.5. The Kier molecular flexibility index (Phi) is 5.95. The molecule has 0 aliphatic carbocycles. The molecule has 0 bridgehead atoms. The van der Waals surface area contributed by atoms with Crippen molar-refractivity contribution in [3.05, 3.63) is 58.3 Å². The molecule has 1 fully saturated rings. The fourth-order valence-corrected chi connectivity index (χ4v) is 4.46. The van der Waals surface area contributed by atoms with Gasteiger partial charge < -0.3 is 10.6 Å². The minimum atomic E-state index is -0.595. The van der Waals surface area contributed by atoms with E-state index in [1.165, 1.54) is 12.1 Å². The highest BCUT2D eigenvalue weighted by molar-refractivity contribution is 5.97. The molecule has 7 nitrogen and oxygen atoms in total. The molecular weight excluding hydrogens is 409 g/mol. The van der Waals surface area contributed by atoms with Gasteiger partial charge in [0.1, 0.15) is 5.82 Å².